The standard InChI is InChI=1S/C26H23ClN4O2S/c1-17-13-18(2)30-26(29-17)34-16-25(32)31-28-14-22-21-9-5-3-7-19(21)11-12-24(22)33-15-20-8-4-6-10-23(20)27/h3-14H,15-16H2,1-2H3,(H,31,32)/b28-14+. The molecule has 8 heteroatoms. The molecule has 172 valence electrons. The molecule has 0 aliphatic rings. The van der Waals surface area contributed by atoms with E-state index in [9.17, 15) is 4.79 Å². The van der Waals surface area contributed by atoms with Gasteiger partial charge in [0.1, 0.15) is 12.4 Å². The van der Waals surface area contributed by atoms with Crippen molar-refractivity contribution in [1.82, 2.24) is 15.4 Å². The van der Waals surface area contributed by atoms with E-state index in [4.69, 9.17) is 16.3 Å². The highest BCUT2D eigenvalue weighted by Gasteiger charge is 2.10. The maximum Gasteiger partial charge on any atom is 0.250 e. The number of carbonyl (C=O) groups excluding carboxylic acids is 1. The average molecular weight is 491 g/mol. The van der Waals surface area contributed by atoms with E-state index in [-0.39, 0.29) is 11.7 Å². The fraction of sp³-hybridized carbons (Fsp3) is 0.154. The summed E-state index contributed by atoms with van der Waals surface area (Å²) < 4.78 is 6.09. The minimum Gasteiger partial charge on any atom is -0.488 e. The maximum atomic E-state index is 12.3. The van der Waals surface area contributed by atoms with Gasteiger partial charge >= 0.3 is 0 Å². The van der Waals surface area contributed by atoms with Crippen molar-refractivity contribution in [2.24, 2.45) is 5.10 Å². The zero-order valence-electron chi connectivity index (χ0n) is 18.8. The second-order valence-electron chi connectivity index (χ2n) is 7.59. The average Bonchev–Trinajstić information content (AvgIpc) is 2.82. The number of hydrogen-bond donors (Lipinski definition) is 1. The highest BCUT2D eigenvalue weighted by Crippen LogP contribution is 2.28. The predicted octanol–water partition coefficient (Wildman–Crippen LogP) is 5.72. The Kier molecular flexibility index (Phi) is 7.77. The van der Waals surface area contributed by atoms with E-state index >= 15 is 0 Å². The SMILES string of the molecule is Cc1cc(C)nc(SCC(=O)N/N=C/c2c(OCc3ccccc3Cl)ccc3ccccc23)n1. The Morgan fingerprint density at radius 1 is 1.06 bits per heavy atom. The van der Waals surface area contributed by atoms with Crippen LogP contribution in [-0.4, -0.2) is 27.8 Å². The molecular weight excluding hydrogens is 468 g/mol. The fourth-order valence-electron chi connectivity index (χ4n) is 3.39. The number of hydrogen-bond acceptors (Lipinski definition) is 6. The van der Waals surface area contributed by atoms with E-state index in [1.54, 1.807) is 6.21 Å². The number of aryl methyl sites for hydroxylation is 2. The summed E-state index contributed by atoms with van der Waals surface area (Å²) in [6.45, 7) is 4.12. The molecule has 0 radical (unpaired) electrons. The van der Waals surface area contributed by atoms with Crippen LogP contribution in [0.4, 0.5) is 0 Å². The van der Waals surface area contributed by atoms with E-state index in [1.807, 2.05) is 80.6 Å². The highest BCUT2D eigenvalue weighted by atomic mass is 35.5. The van der Waals surface area contributed by atoms with Crippen LogP contribution in [0.3, 0.4) is 0 Å². The summed E-state index contributed by atoms with van der Waals surface area (Å²) in [5, 5.41) is 7.42. The van der Waals surface area contributed by atoms with Crippen LogP contribution in [0.15, 0.2) is 77.0 Å². The summed E-state index contributed by atoms with van der Waals surface area (Å²) in [4.78, 5) is 21.0. The van der Waals surface area contributed by atoms with Crippen molar-refractivity contribution in [3.63, 3.8) is 0 Å². The van der Waals surface area contributed by atoms with E-state index in [0.29, 0.717) is 22.5 Å². The number of nitrogens with one attached hydrogen (secondary N) is 1. The second kappa shape index (κ2) is 11.1. The lowest BCUT2D eigenvalue weighted by atomic mass is 10.0. The lowest BCUT2D eigenvalue weighted by Gasteiger charge is -2.12. The molecule has 0 saturated heterocycles. The monoisotopic (exact) mass is 490 g/mol. The van der Waals surface area contributed by atoms with Crippen LogP contribution in [-0.2, 0) is 11.4 Å². The molecule has 0 aliphatic carbocycles. The van der Waals surface area contributed by atoms with Gasteiger partial charge in [-0.15, -0.1) is 0 Å². The number of fused-ring (bicyclic) bond motifs is 1. The Bertz CT molecular complexity index is 1340. The Morgan fingerprint density at radius 2 is 1.79 bits per heavy atom. The van der Waals surface area contributed by atoms with Gasteiger partial charge in [-0.3, -0.25) is 4.79 Å². The molecular formula is C26H23ClN4O2S. The Balaban J connectivity index is 1.47. The molecule has 0 bridgehead atoms. The molecule has 4 aromatic rings. The normalized spacial score (nSPS) is 11.1. The highest BCUT2D eigenvalue weighted by molar-refractivity contribution is 7.99. The quantitative estimate of drug-likeness (QED) is 0.148. The van der Waals surface area contributed by atoms with Gasteiger partial charge in [-0.2, -0.15) is 5.10 Å². The van der Waals surface area contributed by atoms with Crippen LogP contribution in [0, 0.1) is 13.8 Å². The number of amides is 1. The number of aromatic nitrogens is 2. The molecule has 0 fully saturated rings. The molecule has 1 aromatic heterocycles. The summed E-state index contributed by atoms with van der Waals surface area (Å²) in [5.41, 5.74) is 5.98. The first-order valence-electron chi connectivity index (χ1n) is 10.6. The predicted molar refractivity (Wildman–Crippen MR) is 138 cm³/mol. The fourth-order valence-corrected chi connectivity index (χ4v) is 4.33. The van der Waals surface area contributed by atoms with E-state index in [1.165, 1.54) is 11.8 Å². The molecule has 1 amide bonds. The number of halogens is 1. The van der Waals surface area contributed by atoms with Gasteiger partial charge < -0.3 is 4.74 Å². The molecule has 0 unspecified atom stereocenters. The van der Waals surface area contributed by atoms with Crippen LogP contribution >= 0.6 is 23.4 Å². The zero-order valence-corrected chi connectivity index (χ0v) is 20.4. The van der Waals surface area contributed by atoms with Crippen LogP contribution < -0.4 is 10.2 Å². The van der Waals surface area contributed by atoms with Gasteiger partial charge in [-0.1, -0.05) is 71.9 Å². The molecule has 34 heavy (non-hydrogen) atoms. The number of benzene rings is 3. The molecule has 1 N–H and O–H groups in total. The topological polar surface area (TPSA) is 76.5 Å². The van der Waals surface area contributed by atoms with E-state index in [2.05, 4.69) is 20.5 Å². The van der Waals surface area contributed by atoms with Crippen molar-refractivity contribution in [2.45, 2.75) is 25.6 Å². The molecule has 1 heterocycles. The van der Waals surface area contributed by atoms with E-state index < -0.39 is 0 Å². The summed E-state index contributed by atoms with van der Waals surface area (Å²) in [5.74, 6) is 0.559. The van der Waals surface area contributed by atoms with Crippen molar-refractivity contribution in [3.8, 4) is 5.75 Å². The Morgan fingerprint density at radius 3 is 2.59 bits per heavy atom. The van der Waals surface area contributed by atoms with Gasteiger partial charge in [0.2, 0.25) is 0 Å². The molecule has 0 saturated carbocycles. The Hall–Kier alpha value is -3.42. The van der Waals surface area contributed by atoms with Crippen LogP contribution in [0.5, 0.6) is 5.75 Å². The van der Waals surface area contributed by atoms with Crippen molar-refractivity contribution in [1.29, 1.82) is 0 Å². The maximum absolute atomic E-state index is 12.3. The summed E-state index contributed by atoms with van der Waals surface area (Å²) >= 11 is 7.54. The molecule has 6 nitrogen and oxygen atoms in total. The summed E-state index contributed by atoms with van der Waals surface area (Å²) in [7, 11) is 0. The minimum atomic E-state index is -0.247. The summed E-state index contributed by atoms with van der Waals surface area (Å²) in [6, 6.07) is 21.3. The van der Waals surface area contributed by atoms with Crippen molar-refractivity contribution in [2.75, 3.05) is 5.75 Å². The third-order valence-corrected chi connectivity index (χ3v) is 6.16. The van der Waals surface area contributed by atoms with Gasteiger partial charge in [0, 0.05) is 27.5 Å². The Labute approximate surface area is 207 Å². The largest absolute Gasteiger partial charge is 0.488 e. The third-order valence-electron chi connectivity index (χ3n) is 4.95. The molecule has 3 aromatic carbocycles. The molecule has 4 rings (SSSR count). The van der Waals surface area contributed by atoms with Gasteiger partial charge in [0.15, 0.2) is 5.16 Å². The number of nitrogens with zero attached hydrogens (tertiary/aromatic N) is 3. The third kappa shape index (κ3) is 6.12. The molecule has 0 atom stereocenters. The minimum absolute atomic E-state index is 0.158. The van der Waals surface area contributed by atoms with Gasteiger partial charge in [-0.25, -0.2) is 15.4 Å². The van der Waals surface area contributed by atoms with Crippen LogP contribution in [0.2, 0.25) is 5.02 Å². The summed E-state index contributed by atoms with van der Waals surface area (Å²) in [6.07, 6.45) is 1.61. The zero-order chi connectivity index (χ0) is 23.9. The second-order valence-corrected chi connectivity index (χ2v) is 8.94. The first-order chi connectivity index (χ1) is 16.5. The van der Waals surface area contributed by atoms with Crippen LogP contribution in [0.1, 0.15) is 22.5 Å². The molecule has 0 spiro atoms. The van der Waals surface area contributed by atoms with Crippen LogP contribution in [0.25, 0.3) is 10.8 Å². The lowest BCUT2D eigenvalue weighted by molar-refractivity contribution is -0.118. The molecule has 0 aliphatic heterocycles. The first-order valence-corrected chi connectivity index (χ1v) is 12.0. The van der Waals surface area contributed by atoms with Crippen molar-refractivity contribution < 1.29 is 9.53 Å². The number of ether oxygens (including phenoxy) is 1. The van der Waals surface area contributed by atoms with Crippen molar-refractivity contribution >= 4 is 46.3 Å². The lowest BCUT2D eigenvalue weighted by Crippen LogP contribution is -2.20. The number of thioether (sulfide) groups is 1. The number of carbonyl (C=O) groups is 1. The van der Waals surface area contributed by atoms with Gasteiger partial charge in [0.25, 0.3) is 5.91 Å². The number of hydrazone groups is 1. The first kappa shape index (κ1) is 23.7. The smallest absolute Gasteiger partial charge is 0.250 e. The van der Waals surface area contributed by atoms with Crippen molar-refractivity contribution in [3.05, 3.63) is 94.3 Å². The number of rotatable bonds is 8. The van der Waals surface area contributed by atoms with Gasteiger partial charge in [-0.05, 0) is 42.8 Å². The van der Waals surface area contributed by atoms with Gasteiger partial charge in [0.05, 0.1) is 12.0 Å². The van der Waals surface area contributed by atoms with E-state index in [0.717, 1.165) is 33.3 Å².